The van der Waals surface area contributed by atoms with Gasteiger partial charge in [0.05, 0.1) is 7.11 Å². The standard InChI is InChI=1S/C13H16NS2.CH4O4S/c1-4-14-11-7-5-6-8-12(11)16-13(14)9-10(2)15-3;1-5-6(2,3)4/h5-9H,4H2,1-3H3;1H3,(H,2,3,4)/q+1;/p-1/b10-9+;. The van der Waals surface area contributed by atoms with Crippen molar-refractivity contribution in [2.24, 2.45) is 0 Å². The quantitative estimate of drug-likeness (QED) is 0.476. The van der Waals surface area contributed by atoms with Crippen LogP contribution in [-0.4, -0.2) is 26.3 Å². The fourth-order valence-electron chi connectivity index (χ4n) is 1.72. The van der Waals surface area contributed by atoms with Gasteiger partial charge in [-0.3, -0.25) is 4.18 Å². The first kappa shape index (κ1) is 19.1. The fourth-order valence-corrected chi connectivity index (χ4v) is 3.25. The third-order valence-corrected chi connectivity index (χ3v) is 5.09. The van der Waals surface area contributed by atoms with Gasteiger partial charge in [-0.2, -0.15) is 4.57 Å². The predicted molar refractivity (Wildman–Crippen MR) is 91.6 cm³/mol. The zero-order valence-electron chi connectivity index (χ0n) is 12.9. The predicted octanol–water partition coefficient (Wildman–Crippen LogP) is 3.03. The van der Waals surface area contributed by atoms with Crippen molar-refractivity contribution in [1.82, 2.24) is 0 Å². The second kappa shape index (κ2) is 8.64. The Morgan fingerprint density at radius 3 is 2.55 bits per heavy atom. The number of benzene rings is 1. The van der Waals surface area contributed by atoms with Crippen molar-refractivity contribution in [3.8, 4) is 0 Å². The van der Waals surface area contributed by atoms with Gasteiger partial charge in [0, 0.05) is 12.1 Å². The number of allylic oxidation sites excluding steroid dienone is 1. The molecule has 0 saturated heterocycles. The fraction of sp³-hybridized carbons (Fsp3) is 0.357. The van der Waals surface area contributed by atoms with E-state index >= 15 is 0 Å². The van der Waals surface area contributed by atoms with Crippen molar-refractivity contribution in [1.29, 1.82) is 0 Å². The van der Waals surface area contributed by atoms with E-state index in [1.54, 1.807) is 11.8 Å². The highest BCUT2D eigenvalue weighted by Crippen LogP contribution is 2.23. The van der Waals surface area contributed by atoms with Crippen molar-refractivity contribution in [2.75, 3.05) is 13.4 Å². The molecule has 5 nitrogen and oxygen atoms in total. The van der Waals surface area contributed by atoms with Crippen LogP contribution >= 0.6 is 23.1 Å². The van der Waals surface area contributed by atoms with Crippen LogP contribution in [0.4, 0.5) is 0 Å². The smallest absolute Gasteiger partial charge is 0.263 e. The molecule has 0 bridgehead atoms. The van der Waals surface area contributed by atoms with Crippen LogP contribution in [0.3, 0.4) is 0 Å². The van der Waals surface area contributed by atoms with E-state index in [1.165, 1.54) is 20.1 Å². The van der Waals surface area contributed by atoms with Gasteiger partial charge >= 0.3 is 0 Å². The van der Waals surface area contributed by atoms with Crippen LogP contribution in [0.1, 0.15) is 18.9 Å². The normalized spacial score (nSPS) is 12.1. The van der Waals surface area contributed by atoms with E-state index in [2.05, 4.69) is 59.2 Å². The zero-order chi connectivity index (χ0) is 16.8. The molecule has 1 aromatic carbocycles. The van der Waals surface area contributed by atoms with Gasteiger partial charge in [0.15, 0.2) is 0 Å². The third kappa shape index (κ3) is 5.69. The molecule has 0 fully saturated rings. The lowest BCUT2D eigenvalue weighted by Gasteiger charge is -1.98. The topological polar surface area (TPSA) is 70.3 Å². The lowest BCUT2D eigenvalue weighted by atomic mass is 10.3. The van der Waals surface area contributed by atoms with Gasteiger partial charge in [0.25, 0.3) is 5.01 Å². The van der Waals surface area contributed by atoms with Crippen LogP contribution in [0.2, 0.25) is 0 Å². The molecule has 1 aromatic heterocycles. The Hall–Kier alpha value is -0.930. The lowest BCUT2D eigenvalue weighted by molar-refractivity contribution is -0.665. The summed E-state index contributed by atoms with van der Waals surface area (Å²) in [6.07, 6.45) is 4.40. The first-order valence-corrected chi connectivity index (χ1v) is 9.85. The second-order valence-corrected chi connectivity index (χ2v) is 7.45. The Kier molecular flexibility index (Phi) is 7.51. The number of thioether (sulfide) groups is 1. The highest BCUT2D eigenvalue weighted by atomic mass is 32.3. The van der Waals surface area contributed by atoms with Gasteiger partial charge in [-0.15, -0.1) is 11.8 Å². The molecule has 0 saturated carbocycles. The number of hydrogen-bond acceptors (Lipinski definition) is 6. The summed E-state index contributed by atoms with van der Waals surface area (Å²) in [7, 11) is -3.60. The maximum absolute atomic E-state index is 9.22. The van der Waals surface area contributed by atoms with Crippen LogP contribution < -0.4 is 4.57 Å². The molecule has 0 aliphatic carbocycles. The molecule has 122 valence electrons. The number of hydrogen-bond donors (Lipinski definition) is 0. The van der Waals surface area contributed by atoms with Gasteiger partial charge in [0.1, 0.15) is 11.2 Å². The van der Waals surface area contributed by atoms with Crippen molar-refractivity contribution in [2.45, 2.75) is 20.4 Å². The zero-order valence-corrected chi connectivity index (χ0v) is 15.3. The van der Waals surface area contributed by atoms with Crippen LogP contribution in [0, 0.1) is 0 Å². The van der Waals surface area contributed by atoms with Crippen LogP contribution in [0.25, 0.3) is 16.3 Å². The first-order valence-electron chi connectivity index (χ1n) is 6.47. The third-order valence-electron chi connectivity index (χ3n) is 2.81. The maximum atomic E-state index is 9.22. The summed E-state index contributed by atoms with van der Waals surface area (Å²) in [6.45, 7) is 5.39. The Morgan fingerprint density at radius 1 is 1.45 bits per heavy atom. The Labute approximate surface area is 139 Å². The van der Waals surface area contributed by atoms with E-state index in [0.29, 0.717) is 0 Å². The van der Waals surface area contributed by atoms with E-state index in [-0.39, 0.29) is 0 Å². The van der Waals surface area contributed by atoms with Crippen molar-refractivity contribution in [3.63, 3.8) is 0 Å². The minimum atomic E-state index is -4.41. The minimum Gasteiger partial charge on any atom is -0.726 e. The van der Waals surface area contributed by atoms with Gasteiger partial charge < -0.3 is 4.55 Å². The van der Waals surface area contributed by atoms with Gasteiger partial charge in [0.2, 0.25) is 15.9 Å². The molecule has 22 heavy (non-hydrogen) atoms. The van der Waals surface area contributed by atoms with E-state index in [1.807, 2.05) is 11.3 Å². The molecule has 0 amide bonds. The van der Waals surface area contributed by atoms with E-state index in [4.69, 9.17) is 0 Å². The van der Waals surface area contributed by atoms with E-state index in [9.17, 15) is 13.0 Å². The number of aromatic nitrogens is 1. The van der Waals surface area contributed by atoms with Gasteiger partial charge in [-0.05, 0) is 31.1 Å². The molecule has 0 aliphatic heterocycles. The van der Waals surface area contributed by atoms with Crippen molar-refractivity contribution in [3.05, 3.63) is 34.2 Å². The Bertz CT molecular complexity index is 751. The molecule has 0 spiro atoms. The number of fused-ring (bicyclic) bond motifs is 1. The lowest BCUT2D eigenvalue weighted by Crippen LogP contribution is -2.33. The maximum Gasteiger partial charge on any atom is 0.263 e. The van der Waals surface area contributed by atoms with Crippen molar-refractivity contribution < 1.29 is 21.7 Å². The summed E-state index contributed by atoms with van der Waals surface area (Å²) >= 11 is 3.67. The first-order chi connectivity index (χ1) is 10.3. The Morgan fingerprint density at radius 2 is 2.05 bits per heavy atom. The number of nitrogens with zero attached hydrogens (tertiary/aromatic N) is 1. The average molecular weight is 362 g/mol. The SMILES string of the molecule is CC[n+]1c(/C=C(\C)SC)sc2ccccc21.COS(=O)(=O)[O-]. The molecule has 0 radical (unpaired) electrons. The number of aryl methyl sites for hydroxylation is 1. The van der Waals surface area contributed by atoms with Crippen LogP contribution in [0.15, 0.2) is 29.2 Å². The van der Waals surface area contributed by atoms with E-state index in [0.717, 1.165) is 13.7 Å². The summed E-state index contributed by atoms with van der Waals surface area (Å²) in [5.74, 6) is 0. The summed E-state index contributed by atoms with van der Waals surface area (Å²) in [4.78, 5) is 1.36. The summed E-state index contributed by atoms with van der Waals surface area (Å²) < 4.78 is 34.8. The molecule has 2 aromatic rings. The molecule has 0 unspecified atom stereocenters. The summed E-state index contributed by atoms with van der Waals surface area (Å²) in [6, 6.07) is 8.60. The molecular formula is C14H19NO4S3. The Balaban J connectivity index is 0.000000346. The minimum absolute atomic E-state index is 0.808. The summed E-state index contributed by atoms with van der Waals surface area (Å²) in [5, 5.41) is 1.34. The molecule has 0 atom stereocenters. The monoisotopic (exact) mass is 361 g/mol. The number of para-hydroxylation sites is 1. The molecular weight excluding hydrogens is 342 g/mol. The summed E-state index contributed by atoms with van der Waals surface area (Å²) in [5.41, 5.74) is 1.34. The molecule has 0 N–H and O–H groups in total. The van der Waals surface area contributed by atoms with Crippen LogP contribution in [-0.2, 0) is 21.1 Å². The molecule has 1 heterocycles. The number of thiazole rings is 1. The highest BCUT2D eigenvalue weighted by Gasteiger charge is 2.16. The van der Waals surface area contributed by atoms with Gasteiger partial charge in [-0.1, -0.05) is 23.5 Å². The van der Waals surface area contributed by atoms with Crippen LogP contribution in [0.5, 0.6) is 0 Å². The van der Waals surface area contributed by atoms with Crippen molar-refractivity contribution >= 4 is 49.8 Å². The molecule has 0 aliphatic rings. The average Bonchev–Trinajstić information content (AvgIpc) is 2.83. The van der Waals surface area contributed by atoms with E-state index < -0.39 is 10.4 Å². The van der Waals surface area contributed by atoms with Gasteiger partial charge in [-0.25, -0.2) is 8.42 Å². The highest BCUT2D eigenvalue weighted by molar-refractivity contribution is 8.02. The molecule has 8 heteroatoms. The largest absolute Gasteiger partial charge is 0.726 e. The molecule has 2 rings (SSSR count). The number of rotatable bonds is 4. The second-order valence-electron chi connectivity index (χ2n) is 4.19.